The second-order valence-electron chi connectivity index (χ2n) is 19.0. The number of aromatic nitrogens is 9. The molecule has 0 bridgehead atoms. The zero-order valence-electron chi connectivity index (χ0n) is 37.7. The van der Waals surface area contributed by atoms with E-state index in [-0.39, 0.29) is 29.2 Å². The van der Waals surface area contributed by atoms with Crippen LogP contribution in [0.3, 0.4) is 0 Å². The smallest absolute Gasteiger partial charge is 0.376 e. The molecule has 7 heterocycles. The summed E-state index contributed by atoms with van der Waals surface area (Å²) in [5.74, 6) is -0.254. The lowest BCUT2D eigenvalue weighted by molar-refractivity contribution is -0.0592. The molecule has 8 aromatic rings. The number of carbonyl (C=O) groups excluding carboxylic acids is 1. The van der Waals surface area contributed by atoms with E-state index in [1.807, 2.05) is 35.4 Å². The first kappa shape index (κ1) is 41.1. The average molecular weight is 881 g/mol. The number of nitrogens with one attached hydrogen (secondary N) is 1. The first-order valence-electron chi connectivity index (χ1n) is 22.3. The number of imidazole rings is 1. The summed E-state index contributed by atoms with van der Waals surface area (Å²) in [5.41, 5.74) is 6.68. The molecule has 2 aliphatic heterocycles. The van der Waals surface area contributed by atoms with Gasteiger partial charge in [0.15, 0.2) is 5.82 Å². The van der Waals surface area contributed by atoms with Crippen molar-refractivity contribution in [1.82, 2.24) is 48.7 Å². The van der Waals surface area contributed by atoms with E-state index in [1.165, 1.54) is 11.8 Å². The number of ether oxygens (including phenoxy) is 1. The molecule has 1 saturated heterocycles. The van der Waals surface area contributed by atoms with E-state index in [2.05, 4.69) is 58.8 Å². The summed E-state index contributed by atoms with van der Waals surface area (Å²) in [5, 5.41) is 15.0. The van der Waals surface area contributed by atoms with Crippen LogP contribution in [0.2, 0.25) is 0 Å². The average Bonchev–Trinajstić information content (AvgIpc) is 3.90. The third-order valence-electron chi connectivity index (χ3n) is 14.5. The summed E-state index contributed by atoms with van der Waals surface area (Å²) in [6.45, 7) is 14.7. The highest BCUT2D eigenvalue weighted by Gasteiger charge is 2.59. The number of benzene rings is 3. The first-order valence-corrected chi connectivity index (χ1v) is 22.3. The van der Waals surface area contributed by atoms with Gasteiger partial charge in [-0.3, -0.25) is 23.6 Å². The zero-order valence-corrected chi connectivity index (χ0v) is 37.7. The van der Waals surface area contributed by atoms with Gasteiger partial charge in [0.1, 0.15) is 35.0 Å². The predicted octanol–water partition coefficient (Wildman–Crippen LogP) is 8.66. The van der Waals surface area contributed by atoms with Crippen molar-refractivity contribution in [3.8, 4) is 22.8 Å². The Morgan fingerprint density at radius 3 is 2.43 bits per heavy atom. The van der Waals surface area contributed by atoms with Crippen molar-refractivity contribution in [3.05, 3.63) is 128 Å². The molecule has 1 N–H and O–H groups in total. The van der Waals surface area contributed by atoms with Gasteiger partial charge < -0.3 is 14.2 Å². The van der Waals surface area contributed by atoms with Crippen LogP contribution < -0.4 is 5.76 Å². The normalized spacial score (nSPS) is 21.7. The molecule has 1 amide bonds. The Balaban J connectivity index is 1.06. The molecule has 4 atom stereocenters. The standard InChI is InChI=1S/C49H50F2N10O4/c1-25-17-33(18-26(2)41(25)50)61-44(59-24-52-43(29(59)5)34-10-12-38-35(42(34)51)23-53-57(38)8)40-28(4)58(15-13-36(40)55-61)45(62)39-20-32-19-30(31-14-16-64-48(6,7)22-31)9-11-37(32)60(39)49(21-27(49)3)46-54-47(63)65-56-46/h9-12,17-20,23-24,27-28,31H,13-16,21-22H2,1-8H3,(H,54,56,63)/t27-,28-,31-,49-/m0/s1. The summed E-state index contributed by atoms with van der Waals surface area (Å²) in [6, 6.07) is 15.0. The van der Waals surface area contributed by atoms with Crippen molar-refractivity contribution in [2.24, 2.45) is 13.0 Å². The van der Waals surface area contributed by atoms with Gasteiger partial charge in [0.2, 0.25) is 0 Å². The molecule has 14 nitrogen and oxygen atoms in total. The molecular formula is C49H50F2N10O4. The van der Waals surface area contributed by atoms with Crippen LogP contribution in [0.15, 0.2) is 70.4 Å². The van der Waals surface area contributed by atoms with Crippen molar-refractivity contribution in [2.45, 2.75) is 97.2 Å². The monoisotopic (exact) mass is 880 g/mol. The van der Waals surface area contributed by atoms with E-state index in [1.54, 1.807) is 54.8 Å². The molecule has 334 valence electrons. The number of aryl methyl sites for hydroxylation is 3. The Kier molecular flexibility index (Phi) is 9.10. The van der Waals surface area contributed by atoms with Crippen LogP contribution in [0, 0.1) is 38.3 Å². The molecule has 11 rings (SSSR count). The molecule has 0 unspecified atom stereocenters. The van der Waals surface area contributed by atoms with E-state index in [9.17, 15) is 4.79 Å². The van der Waals surface area contributed by atoms with Crippen LogP contribution in [0.1, 0.15) is 109 Å². The molecule has 65 heavy (non-hydrogen) atoms. The van der Waals surface area contributed by atoms with Crippen molar-refractivity contribution < 1.29 is 22.8 Å². The number of hydrogen-bond donors (Lipinski definition) is 1. The highest BCUT2D eigenvalue weighted by Crippen LogP contribution is 2.56. The van der Waals surface area contributed by atoms with Crippen molar-refractivity contribution in [1.29, 1.82) is 0 Å². The number of amides is 1. The van der Waals surface area contributed by atoms with Crippen LogP contribution >= 0.6 is 0 Å². The van der Waals surface area contributed by atoms with Gasteiger partial charge in [0.05, 0.1) is 45.8 Å². The minimum absolute atomic E-state index is 0.0290. The lowest BCUT2D eigenvalue weighted by Crippen LogP contribution is -2.41. The molecule has 3 aromatic carbocycles. The molecule has 0 spiro atoms. The Hall–Kier alpha value is -6.68. The SMILES string of the molecule is Cc1cc(-n2nc3c(c2-n2cnc(-c4ccc5c(cnn5C)c4F)c2C)[C@H](C)N(C(=O)c2cc4cc([C@H]5CCOC(C)(C)C5)ccc4n2[C@@]2(c4noc(=O)[nH]4)C[C@@H]2C)CC3)cc(C)c1F. The third-order valence-corrected chi connectivity index (χ3v) is 14.5. The molecule has 1 saturated carbocycles. The summed E-state index contributed by atoms with van der Waals surface area (Å²) in [4.78, 5) is 37.5. The number of nitrogens with zero attached hydrogens (tertiary/aromatic N) is 9. The molecule has 16 heteroatoms. The van der Waals surface area contributed by atoms with E-state index < -0.39 is 23.2 Å². The summed E-state index contributed by atoms with van der Waals surface area (Å²) in [6.07, 6.45) is 6.02. The quantitative estimate of drug-likeness (QED) is 0.167. The Morgan fingerprint density at radius 1 is 0.969 bits per heavy atom. The zero-order chi connectivity index (χ0) is 45.4. The fourth-order valence-electron chi connectivity index (χ4n) is 11.0. The van der Waals surface area contributed by atoms with Crippen molar-refractivity contribution in [2.75, 3.05) is 13.2 Å². The number of H-pyrrole nitrogens is 1. The van der Waals surface area contributed by atoms with Crippen molar-refractivity contribution in [3.63, 3.8) is 0 Å². The minimum atomic E-state index is -0.821. The molecule has 1 aliphatic carbocycles. The highest BCUT2D eigenvalue weighted by molar-refractivity contribution is 6.00. The topological polar surface area (TPSA) is 147 Å². The number of hydrogen-bond acceptors (Lipinski definition) is 8. The highest BCUT2D eigenvalue weighted by atomic mass is 19.1. The largest absolute Gasteiger partial charge is 0.438 e. The second-order valence-corrected chi connectivity index (χ2v) is 19.0. The maximum Gasteiger partial charge on any atom is 0.438 e. The summed E-state index contributed by atoms with van der Waals surface area (Å²) >= 11 is 0. The molecular weight excluding hydrogens is 831 g/mol. The fourth-order valence-corrected chi connectivity index (χ4v) is 11.0. The first-order chi connectivity index (χ1) is 31.1. The van der Waals surface area contributed by atoms with Gasteiger partial charge in [-0.05, 0) is 132 Å². The lowest BCUT2D eigenvalue weighted by atomic mass is 9.83. The van der Waals surface area contributed by atoms with Crippen LogP contribution in [0.4, 0.5) is 8.78 Å². The maximum absolute atomic E-state index is 16.3. The predicted molar refractivity (Wildman–Crippen MR) is 240 cm³/mol. The number of halogens is 2. The fraction of sp³-hybridized carbons (Fsp3) is 0.388. The summed E-state index contributed by atoms with van der Waals surface area (Å²) < 4.78 is 49.9. The Bertz CT molecular complexity index is 3310. The van der Waals surface area contributed by atoms with E-state index in [0.717, 1.165) is 35.0 Å². The maximum atomic E-state index is 16.3. The van der Waals surface area contributed by atoms with E-state index in [4.69, 9.17) is 19.3 Å². The summed E-state index contributed by atoms with van der Waals surface area (Å²) in [7, 11) is 1.77. The molecule has 0 radical (unpaired) electrons. The van der Waals surface area contributed by atoms with Crippen LogP contribution in [-0.2, 0) is 23.7 Å². The molecule has 3 aliphatic rings. The van der Waals surface area contributed by atoms with Gasteiger partial charge in [-0.25, -0.2) is 23.2 Å². The van der Waals surface area contributed by atoms with Gasteiger partial charge in [0, 0.05) is 54.3 Å². The van der Waals surface area contributed by atoms with Gasteiger partial charge in [-0.2, -0.15) is 10.2 Å². The number of rotatable bonds is 7. The van der Waals surface area contributed by atoms with Gasteiger partial charge in [-0.15, -0.1) is 0 Å². The minimum Gasteiger partial charge on any atom is -0.376 e. The lowest BCUT2D eigenvalue weighted by Gasteiger charge is -2.35. The third kappa shape index (κ3) is 6.19. The Labute approximate surface area is 372 Å². The number of aromatic amines is 1. The number of fused-ring (bicyclic) bond motifs is 3. The van der Waals surface area contributed by atoms with E-state index in [0.29, 0.717) is 88.0 Å². The van der Waals surface area contributed by atoms with Gasteiger partial charge in [0.25, 0.3) is 5.91 Å². The number of carbonyl (C=O) groups is 1. The van der Waals surface area contributed by atoms with Crippen LogP contribution in [-0.4, -0.2) is 73.4 Å². The van der Waals surface area contributed by atoms with Gasteiger partial charge >= 0.3 is 5.76 Å². The van der Waals surface area contributed by atoms with Crippen molar-refractivity contribution >= 4 is 27.7 Å². The second kappa shape index (κ2) is 14.4. The Morgan fingerprint density at radius 2 is 1.72 bits per heavy atom. The molecule has 5 aromatic heterocycles. The van der Waals surface area contributed by atoms with Gasteiger partial charge in [-0.1, -0.05) is 18.1 Å². The van der Waals surface area contributed by atoms with Crippen LogP contribution in [0.25, 0.3) is 44.6 Å². The van der Waals surface area contributed by atoms with E-state index >= 15 is 13.6 Å². The molecule has 2 fully saturated rings. The van der Waals surface area contributed by atoms with Crippen LogP contribution in [0.5, 0.6) is 0 Å².